The number of carbonyl (C=O) groups is 2. The van der Waals surface area contributed by atoms with Gasteiger partial charge in [-0.25, -0.2) is 9.48 Å². The van der Waals surface area contributed by atoms with Crippen LogP contribution in [0.3, 0.4) is 0 Å². The SMILES string of the molecule is O=C(O)Cc1ccc(-n2nncc2C(=O)O)cc1. The van der Waals surface area contributed by atoms with E-state index in [1.807, 2.05) is 0 Å². The highest BCUT2D eigenvalue weighted by Gasteiger charge is 2.12. The zero-order chi connectivity index (χ0) is 13.1. The zero-order valence-electron chi connectivity index (χ0n) is 9.15. The molecule has 0 saturated heterocycles. The molecule has 0 radical (unpaired) electrons. The Hall–Kier alpha value is -2.70. The normalized spacial score (nSPS) is 10.2. The average Bonchev–Trinajstić information content (AvgIpc) is 2.78. The summed E-state index contributed by atoms with van der Waals surface area (Å²) in [4.78, 5) is 21.4. The molecular formula is C11H9N3O4. The highest BCUT2D eigenvalue weighted by molar-refractivity contribution is 5.85. The highest BCUT2D eigenvalue weighted by atomic mass is 16.4. The van der Waals surface area contributed by atoms with Gasteiger partial charge in [-0.05, 0) is 17.7 Å². The van der Waals surface area contributed by atoms with Crippen molar-refractivity contribution in [1.29, 1.82) is 0 Å². The largest absolute Gasteiger partial charge is 0.481 e. The molecule has 0 spiro atoms. The standard InChI is InChI=1S/C11H9N3O4/c15-10(16)5-7-1-3-8(4-2-7)14-9(11(17)18)6-12-13-14/h1-4,6H,5H2,(H,15,16)(H,17,18). The average molecular weight is 247 g/mol. The second-order valence-corrected chi connectivity index (χ2v) is 3.57. The Balaban J connectivity index is 2.31. The van der Waals surface area contributed by atoms with Crippen molar-refractivity contribution in [2.45, 2.75) is 6.42 Å². The molecule has 0 atom stereocenters. The van der Waals surface area contributed by atoms with Crippen LogP contribution in [0.5, 0.6) is 0 Å². The van der Waals surface area contributed by atoms with Crippen LogP contribution in [-0.2, 0) is 11.2 Å². The molecule has 18 heavy (non-hydrogen) atoms. The fourth-order valence-electron chi connectivity index (χ4n) is 1.50. The molecule has 1 heterocycles. The Morgan fingerprint density at radius 1 is 1.17 bits per heavy atom. The molecule has 0 aliphatic rings. The minimum absolute atomic E-state index is 0.0546. The molecule has 0 aliphatic heterocycles. The van der Waals surface area contributed by atoms with E-state index in [4.69, 9.17) is 10.2 Å². The van der Waals surface area contributed by atoms with Crippen LogP contribution in [0.15, 0.2) is 30.5 Å². The number of carboxylic acid groups (broad SMARTS) is 2. The lowest BCUT2D eigenvalue weighted by molar-refractivity contribution is -0.136. The third-order valence-corrected chi connectivity index (χ3v) is 2.30. The third kappa shape index (κ3) is 2.34. The number of benzene rings is 1. The first-order chi connectivity index (χ1) is 8.58. The Morgan fingerprint density at radius 2 is 1.83 bits per heavy atom. The van der Waals surface area contributed by atoms with Crippen LogP contribution in [0.25, 0.3) is 5.69 Å². The second kappa shape index (κ2) is 4.66. The molecule has 0 aliphatic carbocycles. The van der Waals surface area contributed by atoms with E-state index in [-0.39, 0.29) is 12.1 Å². The van der Waals surface area contributed by atoms with Gasteiger partial charge in [0.2, 0.25) is 0 Å². The smallest absolute Gasteiger partial charge is 0.356 e. The Bertz CT molecular complexity index is 589. The van der Waals surface area contributed by atoms with Gasteiger partial charge in [0, 0.05) is 0 Å². The summed E-state index contributed by atoms with van der Waals surface area (Å²) in [6, 6.07) is 6.41. The first-order valence-corrected chi connectivity index (χ1v) is 5.03. The summed E-state index contributed by atoms with van der Waals surface area (Å²) >= 11 is 0. The van der Waals surface area contributed by atoms with E-state index in [2.05, 4.69) is 10.3 Å². The number of hydrogen-bond acceptors (Lipinski definition) is 4. The maximum Gasteiger partial charge on any atom is 0.356 e. The molecule has 7 heteroatoms. The van der Waals surface area contributed by atoms with Crippen molar-refractivity contribution >= 4 is 11.9 Å². The fourth-order valence-corrected chi connectivity index (χ4v) is 1.50. The molecule has 0 amide bonds. The maximum absolute atomic E-state index is 10.9. The number of carboxylic acids is 2. The van der Waals surface area contributed by atoms with Gasteiger partial charge in [-0.15, -0.1) is 5.10 Å². The summed E-state index contributed by atoms with van der Waals surface area (Å²) in [5.41, 5.74) is 1.09. The molecule has 1 aromatic heterocycles. The van der Waals surface area contributed by atoms with Gasteiger partial charge in [-0.2, -0.15) is 0 Å². The lowest BCUT2D eigenvalue weighted by Gasteiger charge is -2.04. The number of nitrogens with zero attached hydrogens (tertiary/aromatic N) is 3. The van der Waals surface area contributed by atoms with Crippen LogP contribution in [-0.4, -0.2) is 37.1 Å². The molecule has 1 aromatic carbocycles. The summed E-state index contributed by atoms with van der Waals surface area (Å²) in [6.45, 7) is 0. The third-order valence-electron chi connectivity index (χ3n) is 2.30. The predicted molar refractivity (Wildman–Crippen MR) is 59.7 cm³/mol. The molecule has 7 nitrogen and oxygen atoms in total. The number of aliphatic carboxylic acids is 1. The van der Waals surface area contributed by atoms with Crippen molar-refractivity contribution in [2.75, 3.05) is 0 Å². The van der Waals surface area contributed by atoms with E-state index in [1.165, 1.54) is 4.68 Å². The lowest BCUT2D eigenvalue weighted by atomic mass is 10.1. The molecule has 0 fully saturated rings. The van der Waals surface area contributed by atoms with Gasteiger partial charge >= 0.3 is 11.9 Å². The van der Waals surface area contributed by atoms with Crippen LogP contribution in [0.4, 0.5) is 0 Å². The fraction of sp³-hybridized carbons (Fsp3) is 0.0909. The van der Waals surface area contributed by atoms with Gasteiger partial charge in [-0.3, -0.25) is 4.79 Å². The lowest BCUT2D eigenvalue weighted by Crippen LogP contribution is -2.08. The van der Waals surface area contributed by atoms with Crippen molar-refractivity contribution in [3.8, 4) is 5.69 Å². The van der Waals surface area contributed by atoms with Crippen molar-refractivity contribution < 1.29 is 19.8 Å². The van der Waals surface area contributed by atoms with Crippen molar-refractivity contribution in [3.63, 3.8) is 0 Å². The Labute approximate surface area is 101 Å². The monoisotopic (exact) mass is 247 g/mol. The molecule has 0 saturated carbocycles. The highest BCUT2D eigenvalue weighted by Crippen LogP contribution is 2.11. The van der Waals surface area contributed by atoms with Gasteiger partial charge in [0.25, 0.3) is 0 Å². The molecule has 0 bridgehead atoms. The van der Waals surface area contributed by atoms with Gasteiger partial charge in [0.05, 0.1) is 18.3 Å². The first kappa shape index (κ1) is 11.8. The summed E-state index contributed by atoms with van der Waals surface area (Å²) in [5, 5.41) is 24.7. The summed E-state index contributed by atoms with van der Waals surface area (Å²) in [6.07, 6.45) is 1.07. The molecule has 2 aromatic rings. The van der Waals surface area contributed by atoms with Gasteiger partial charge in [-0.1, -0.05) is 17.3 Å². The van der Waals surface area contributed by atoms with Crippen LogP contribution in [0.2, 0.25) is 0 Å². The van der Waals surface area contributed by atoms with E-state index < -0.39 is 11.9 Å². The van der Waals surface area contributed by atoms with Crippen LogP contribution in [0.1, 0.15) is 16.1 Å². The quantitative estimate of drug-likeness (QED) is 0.819. The number of aromatic carboxylic acids is 1. The second-order valence-electron chi connectivity index (χ2n) is 3.57. The van der Waals surface area contributed by atoms with Gasteiger partial charge in [0.1, 0.15) is 0 Å². The van der Waals surface area contributed by atoms with Gasteiger partial charge < -0.3 is 10.2 Å². The summed E-state index contributed by atoms with van der Waals surface area (Å²) in [5.74, 6) is -2.05. The molecule has 2 rings (SSSR count). The number of hydrogen-bond donors (Lipinski definition) is 2. The van der Waals surface area contributed by atoms with Crippen LogP contribution in [0, 0.1) is 0 Å². The van der Waals surface area contributed by atoms with Crippen molar-refractivity contribution in [1.82, 2.24) is 15.0 Å². The van der Waals surface area contributed by atoms with Crippen LogP contribution >= 0.6 is 0 Å². The molecular weight excluding hydrogens is 238 g/mol. The molecule has 2 N–H and O–H groups in total. The first-order valence-electron chi connectivity index (χ1n) is 5.03. The van der Waals surface area contributed by atoms with E-state index >= 15 is 0 Å². The van der Waals surface area contributed by atoms with E-state index in [0.29, 0.717) is 11.3 Å². The van der Waals surface area contributed by atoms with Gasteiger partial charge in [0.15, 0.2) is 5.69 Å². The topological polar surface area (TPSA) is 105 Å². The molecule has 92 valence electrons. The molecule has 0 unspecified atom stereocenters. The Kier molecular flexibility index (Phi) is 3.05. The van der Waals surface area contributed by atoms with E-state index in [1.54, 1.807) is 24.3 Å². The zero-order valence-corrected chi connectivity index (χ0v) is 9.15. The van der Waals surface area contributed by atoms with Crippen molar-refractivity contribution in [3.05, 3.63) is 41.7 Å². The summed E-state index contributed by atoms with van der Waals surface area (Å²) in [7, 11) is 0. The van der Waals surface area contributed by atoms with E-state index in [0.717, 1.165) is 6.20 Å². The number of aromatic nitrogens is 3. The minimum Gasteiger partial charge on any atom is -0.481 e. The predicted octanol–water partition coefficient (Wildman–Crippen LogP) is 0.593. The Morgan fingerprint density at radius 3 is 2.39 bits per heavy atom. The van der Waals surface area contributed by atoms with Crippen LogP contribution < -0.4 is 0 Å². The number of rotatable bonds is 4. The minimum atomic E-state index is -1.13. The van der Waals surface area contributed by atoms with Crippen molar-refractivity contribution in [2.24, 2.45) is 0 Å². The maximum atomic E-state index is 10.9. The summed E-state index contributed by atoms with van der Waals surface area (Å²) < 4.78 is 1.17. The van der Waals surface area contributed by atoms with E-state index in [9.17, 15) is 9.59 Å².